The van der Waals surface area contributed by atoms with Crippen LogP contribution in [-0.2, 0) is 4.79 Å². The van der Waals surface area contributed by atoms with E-state index >= 15 is 0 Å². The van der Waals surface area contributed by atoms with Gasteiger partial charge in [0.25, 0.3) is 0 Å². The molecule has 1 N–H and O–H groups in total. The summed E-state index contributed by atoms with van der Waals surface area (Å²) in [6.45, 7) is 6.72. The second-order valence-electron chi connectivity index (χ2n) is 5.58. The molecule has 2 rings (SSSR count). The summed E-state index contributed by atoms with van der Waals surface area (Å²) in [7, 11) is 0. The first-order chi connectivity index (χ1) is 11.0. The van der Waals surface area contributed by atoms with Crippen molar-refractivity contribution < 1.29 is 9.53 Å². The maximum atomic E-state index is 11.9. The van der Waals surface area contributed by atoms with E-state index in [9.17, 15) is 4.79 Å². The van der Waals surface area contributed by atoms with Crippen LogP contribution in [0, 0.1) is 20.8 Å². The number of carbonyl (C=O) groups is 1. The second-order valence-corrected chi connectivity index (χ2v) is 6.69. The zero-order chi connectivity index (χ0) is 16.7. The third-order valence-electron chi connectivity index (χ3n) is 3.40. The predicted octanol–water partition coefficient (Wildman–Crippen LogP) is 4.36. The van der Waals surface area contributed by atoms with Gasteiger partial charge in [-0.3, -0.25) is 4.79 Å². The van der Waals surface area contributed by atoms with Crippen LogP contribution in [0.2, 0.25) is 0 Å². The molecule has 3 nitrogen and oxygen atoms in total. The minimum Gasteiger partial charge on any atom is -0.492 e. The normalized spacial score (nSPS) is 10.4. The van der Waals surface area contributed by atoms with Gasteiger partial charge < -0.3 is 10.1 Å². The molecule has 1 amide bonds. The molecule has 2 aromatic rings. The van der Waals surface area contributed by atoms with Gasteiger partial charge in [0, 0.05) is 11.4 Å². The van der Waals surface area contributed by atoms with Crippen molar-refractivity contribution in [3.63, 3.8) is 0 Å². The van der Waals surface area contributed by atoms with Gasteiger partial charge in [0.2, 0.25) is 5.91 Å². The van der Waals surface area contributed by atoms with Crippen LogP contribution in [0.25, 0.3) is 0 Å². The van der Waals surface area contributed by atoms with Crippen LogP contribution in [0.1, 0.15) is 16.7 Å². The number of nitrogens with one attached hydrogen (secondary N) is 1. The van der Waals surface area contributed by atoms with Crippen LogP contribution in [0.4, 0.5) is 5.69 Å². The summed E-state index contributed by atoms with van der Waals surface area (Å²) in [4.78, 5) is 11.9. The number of carbonyl (C=O) groups excluding carboxylic acids is 1. The molecule has 0 aliphatic rings. The van der Waals surface area contributed by atoms with E-state index in [1.807, 2.05) is 44.2 Å². The highest BCUT2D eigenvalue weighted by atomic mass is 32.2. The highest BCUT2D eigenvalue weighted by molar-refractivity contribution is 7.99. The van der Waals surface area contributed by atoms with Crippen molar-refractivity contribution in [2.45, 2.75) is 20.8 Å². The van der Waals surface area contributed by atoms with Gasteiger partial charge in [-0.2, -0.15) is 0 Å². The first kappa shape index (κ1) is 17.4. The molecule has 4 heteroatoms. The number of amides is 1. The molecule has 0 saturated heterocycles. The number of hydrogen-bond acceptors (Lipinski definition) is 3. The molecule has 0 aromatic heterocycles. The SMILES string of the molecule is Cc1ccc(NC(=O)CSCCOc2cc(C)ccc2C)cc1. The lowest BCUT2D eigenvalue weighted by Crippen LogP contribution is -2.15. The van der Waals surface area contributed by atoms with E-state index in [2.05, 4.69) is 24.4 Å². The topological polar surface area (TPSA) is 38.3 Å². The largest absolute Gasteiger partial charge is 0.492 e. The van der Waals surface area contributed by atoms with E-state index in [0.29, 0.717) is 12.4 Å². The summed E-state index contributed by atoms with van der Waals surface area (Å²) in [6.07, 6.45) is 0. The smallest absolute Gasteiger partial charge is 0.234 e. The monoisotopic (exact) mass is 329 g/mol. The van der Waals surface area contributed by atoms with E-state index in [-0.39, 0.29) is 5.91 Å². The van der Waals surface area contributed by atoms with Crippen LogP contribution in [0.5, 0.6) is 5.75 Å². The lowest BCUT2D eigenvalue weighted by Gasteiger charge is -2.10. The Morgan fingerprint density at radius 3 is 2.48 bits per heavy atom. The maximum Gasteiger partial charge on any atom is 0.234 e. The molecule has 23 heavy (non-hydrogen) atoms. The quantitative estimate of drug-likeness (QED) is 0.767. The molecule has 0 unspecified atom stereocenters. The van der Waals surface area contributed by atoms with Gasteiger partial charge in [0.15, 0.2) is 0 Å². The van der Waals surface area contributed by atoms with Crippen molar-refractivity contribution in [2.75, 3.05) is 23.4 Å². The van der Waals surface area contributed by atoms with Crippen molar-refractivity contribution in [3.05, 3.63) is 59.2 Å². The summed E-state index contributed by atoms with van der Waals surface area (Å²) < 4.78 is 5.78. The van der Waals surface area contributed by atoms with Crippen LogP contribution >= 0.6 is 11.8 Å². The first-order valence-corrected chi connectivity index (χ1v) is 8.84. The lowest BCUT2D eigenvalue weighted by atomic mass is 10.1. The number of aryl methyl sites for hydroxylation is 3. The Kier molecular flexibility index (Phi) is 6.53. The highest BCUT2D eigenvalue weighted by Crippen LogP contribution is 2.19. The summed E-state index contributed by atoms with van der Waals surface area (Å²) in [6, 6.07) is 14.0. The maximum absolute atomic E-state index is 11.9. The Bertz CT molecular complexity index is 653. The highest BCUT2D eigenvalue weighted by Gasteiger charge is 2.03. The van der Waals surface area contributed by atoms with E-state index < -0.39 is 0 Å². The molecule has 0 bridgehead atoms. The van der Waals surface area contributed by atoms with Crippen molar-refractivity contribution in [3.8, 4) is 5.75 Å². The molecule has 0 aliphatic heterocycles. The Morgan fingerprint density at radius 2 is 1.74 bits per heavy atom. The van der Waals surface area contributed by atoms with Gasteiger partial charge in [0.1, 0.15) is 5.75 Å². The number of rotatable bonds is 7. The van der Waals surface area contributed by atoms with Gasteiger partial charge in [-0.15, -0.1) is 11.8 Å². The second kappa shape index (κ2) is 8.63. The molecule has 122 valence electrons. The molecule has 0 spiro atoms. The first-order valence-electron chi connectivity index (χ1n) is 7.69. The van der Waals surface area contributed by atoms with Gasteiger partial charge >= 0.3 is 0 Å². The fourth-order valence-electron chi connectivity index (χ4n) is 2.07. The minimum atomic E-state index is 0.0191. The predicted molar refractivity (Wildman–Crippen MR) is 98.5 cm³/mol. The fraction of sp³-hybridized carbons (Fsp3) is 0.316. The van der Waals surface area contributed by atoms with E-state index in [1.54, 1.807) is 11.8 Å². The van der Waals surface area contributed by atoms with E-state index in [4.69, 9.17) is 4.74 Å². The van der Waals surface area contributed by atoms with Gasteiger partial charge in [-0.05, 0) is 50.1 Å². The lowest BCUT2D eigenvalue weighted by molar-refractivity contribution is -0.113. The molecule has 0 atom stereocenters. The van der Waals surface area contributed by atoms with Crippen LogP contribution < -0.4 is 10.1 Å². The van der Waals surface area contributed by atoms with Crippen molar-refractivity contribution in [1.82, 2.24) is 0 Å². The number of hydrogen-bond donors (Lipinski definition) is 1. The van der Waals surface area contributed by atoms with Crippen molar-refractivity contribution in [1.29, 1.82) is 0 Å². The van der Waals surface area contributed by atoms with E-state index in [0.717, 1.165) is 22.8 Å². The summed E-state index contributed by atoms with van der Waals surface area (Å²) >= 11 is 1.58. The zero-order valence-electron chi connectivity index (χ0n) is 13.9. The summed E-state index contributed by atoms with van der Waals surface area (Å²) in [5, 5.41) is 2.89. The van der Waals surface area contributed by atoms with Crippen molar-refractivity contribution in [2.24, 2.45) is 0 Å². The average Bonchev–Trinajstić information content (AvgIpc) is 2.52. The molecule has 0 fully saturated rings. The number of anilines is 1. The summed E-state index contributed by atoms with van der Waals surface area (Å²) in [5.41, 5.74) is 4.35. The number of thioether (sulfide) groups is 1. The van der Waals surface area contributed by atoms with Crippen molar-refractivity contribution >= 4 is 23.4 Å². The standard InChI is InChI=1S/C19H23NO2S/c1-14-5-8-17(9-6-14)20-19(21)13-23-11-10-22-18-12-15(2)4-7-16(18)3/h4-9,12H,10-11,13H2,1-3H3,(H,20,21). The minimum absolute atomic E-state index is 0.0191. The molecule has 2 aromatic carbocycles. The van der Waals surface area contributed by atoms with E-state index in [1.165, 1.54) is 11.1 Å². The molecule has 0 aliphatic carbocycles. The number of ether oxygens (including phenoxy) is 1. The summed E-state index contributed by atoms with van der Waals surface area (Å²) in [5.74, 6) is 2.17. The van der Waals surface area contributed by atoms with Gasteiger partial charge in [-0.1, -0.05) is 29.8 Å². The molecular formula is C19H23NO2S. The fourth-order valence-corrected chi connectivity index (χ4v) is 2.68. The third-order valence-corrected chi connectivity index (χ3v) is 4.32. The van der Waals surface area contributed by atoms with Gasteiger partial charge in [-0.25, -0.2) is 0 Å². The van der Waals surface area contributed by atoms with Crippen LogP contribution in [0.3, 0.4) is 0 Å². The molecule has 0 saturated carbocycles. The molecule has 0 heterocycles. The van der Waals surface area contributed by atoms with Crippen LogP contribution in [0.15, 0.2) is 42.5 Å². The average molecular weight is 329 g/mol. The number of benzene rings is 2. The zero-order valence-corrected chi connectivity index (χ0v) is 14.7. The Morgan fingerprint density at radius 1 is 1.04 bits per heavy atom. The third kappa shape index (κ3) is 5.99. The Hall–Kier alpha value is -1.94. The van der Waals surface area contributed by atoms with Gasteiger partial charge in [0.05, 0.1) is 12.4 Å². The van der Waals surface area contributed by atoms with Crippen LogP contribution in [-0.4, -0.2) is 24.0 Å². The Labute approximate surface area is 142 Å². The molecular weight excluding hydrogens is 306 g/mol. The Balaban J connectivity index is 1.66. The molecule has 0 radical (unpaired) electrons.